The van der Waals surface area contributed by atoms with Crippen molar-refractivity contribution in [1.82, 2.24) is 14.8 Å². The van der Waals surface area contributed by atoms with Crippen molar-refractivity contribution in [3.8, 4) is 0 Å². The number of anilines is 1. The third-order valence-corrected chi connectivity index (χ3v) is 4.68. The molecule has 1 N–H and O–H groups in total. The molecule has 7 heteroatoms. The van der Waals surface area contributed by atoms with Crippen molar-refractivity contribution in [2.24, 2.45) is 5.92 Å². The minimum absolute atomic E-state index is 0.0172. The van der Waals surface area contributed by atoms with Crippen LogP contribution < -0.4 is 4.90 Å². The first kappa shape index (κ1) is 16.1. The van der Waals surface area contributed by atoms with Crippen molar-refractivity contribution >= 4 is 23.7 Å². The Hall–Kier alpha value is -1.24. The predicted octanol–water partition coefficient (Wildman–Crippen LogP) is 2.66. The second-order valence-corrected chi connectivity index (χ2v) is 6.76. The van der Waals surface area contributed by atoms with Gasteiger partial charge in [-0.3, -0.25) is 9.36 Å². The topological polar surface area (TPSA) is 71.2 Å². The highest BCUT2D eigenvalue weighted by Crippen LogP contribution is 2.30. The van der Waals surface area contributed by atoms with Crippen molar-refractivity contribution in [3.63, 3.8) is 0 Å². The van der Waals surface area contributed by atoms with Crippen molar-refractivity contribution in [1.29, 1.82) is 0 Å². The molecule has 1 fully saturated rings. The number of nitrogens with zero attached hydrogens (tertiary/aromatic N) is 4. The summed E-state index contributed by atoms with van der Waals surface area (Å²) in [6.07, 6.45) is 3.68. The SMILES string of the molecule is CCCC1CCN(c2nnc(SCC(=O)O)n2C(C)C)C1. The Morgan fingerprint density at radius 1 is 1.48 bits per heavy atom. The highest BCUT2D eigenvalue weighted by molar-refractivity contribution is 7.99. The Balaban J connectivity index is 2.14. The predicted molar refractivity (Wildman–Crippen MR) is 84.0 cm³/mol. The zero-order valence-corrected chi connectivity index (χ0v) is 13.8. The third kappa shape index (κ3) is 3.90. The summed E-state index contributed by atoms with van der Waals surface area (Å²) in [6.45, 7) is 8.43. The summed E-state index contributed by atoms with van der Waals surface area (Å²) in [6, 6.07) is 0.219. The van der Waals surface area contributed by atoms with Gasteiger partial charge in [0.2, 0.25) is 5.95 Å². The van der Waals surface area contributed by atoms with Gasteiger partial charge in [-0.25, -0.2) is 0 Å². The molecule has 0 saturated carbocycles. The first-order valence-corrected chi connectivity index (χ1v) is 8.55. The number of carbonyl (C=O) groups is 1. The number of carboxylic acids is 1. The highest BCUT2D eigenvalue weighted by atomic mass is 32.2. The van der Waals surface area contributed by atoms with Gasteiger partial charge in [-0.2, -0.15) is 0 Å². The van der Waals surface area contributed by atoms with E-state index in [1.807, 2.05) is 0 Å². The average molecular weight is 312 g/mol. The van der Waals surface area contributed by atoms with E-state index in [9.17, 15) is 4.79 Å². The van der Waals surface area contributed by atoms with Crippen LogP contribution in [0.4, 0.5) is 5.95 Å². The van der Waals surface area contributed by atoms with E-state index in [0.29, 0.717) is 5.16 Å². The molecule has 0 spiro atoms. The van der Waals surface area contributed by atoms with Crippen LogP contribution in [0.1, 0.15) is 46.1 Å². The fraction of sp³-hybridized carbons (Fsp3) is 0.786. The van der Waals surface area contributed by atoms with Crippen molar-refractivity contribution in [3.05, 3.63) is 0 Å². The largest absolute Gasteiger partial charge is 0.481 e. The number of hydrogen-bond acceptors (Lipinski definition) is 5. The van der Waals surface area contributed by atoms with Gasteiger partial charge in [0.15, 0.2) is 5.16 Å². The van der Waals surface area contributed by atoms with Crippen LogP contribution in [0.5, 0.6) is 0 Å². The van der Waals surface area contributed by atoms with Crippen molar-refractivity contribution in [2.75, 3.05) is 23.7 Å². The summed E-state index contributed by atoms with van der Waals surface area (Å²) in [7, 11) is 0. The molecule has 2 rings (SSSR count). The summed E-state index contributed by atoms with van der Waals surface area (Å²) < 4.78 is 2.06. The lowest BCUT2D eigenvalue weighted by Crippen LogP contribution is -2.24. The monoisotopic (exact) mass is 312 g/mol. The molecule has 1 aromatic rings. The first-order valence-electron chi connectivity index (χ1n) is 7.57. The van der Waals surface area contributed by atoms with Crippen molar-refractivity contribution in [2.45, 2.75) is 51.2 Å². The Bertz CT molecular complexity index is 489. The smallest absolute Gasteiger partial charge is 0.313 e. The van der Waals surface area contributed by atoms with E-state index >= 15 is 0 Å². The molecular formula is C14H24N4O2S. The molecular weight excluding hydrogens is 288 g/mol. The van der Waals surface area contributed by atoms with Gasteiger partial charge in [-0.15, -0.1) is 10.2 Å². The minimum Gasteiger partial charge on any atom is -0.481 e. The molecule has 1 unspecified atom stereocenters. The molecule has 0 bridgehead atoms. The lowest BCUT2D eigenvalue weighted by Gasteiger charge is -2.21. The van der Waals surface area contributed by atoms with E-state index in [1.54, 1.807) is 0 Å². The van der Waals surface area contributed by atoms with Gasteiger partial charge in [-0.1, -0.05) is 25.1 Å². The van der Waals surface area contributed by atoms with Gasteiger partial charge in [0.25, 0.3) is 0 Å². The summed E-state index contributed by atoms with van der Waals surface area (Å²) in [5, 5.41) is 18.0. The second kappa shape index (κ2) is 7.15. The average Bonchev–Trinajstić information content (AvgIpc) is 3.02. The molecule has 0 amide bonds. The molecule has 1 aromatic heterocycles. The van der Waals surface area contributed by atoms with Crippen LogP contribution >= 0.6 is 11.8 Å². The maximum absolute atomic E-state index is 10.7. The molecule has 0 aromatic carbocycles. The molecule has 21 heavy (non-hydrogen) atoms. The molecule has 0 radical (unpaired) electrons. The van der Waals surface area contributed by atoms with Crippen LogP contribution in [-0.4, -0.2) is 44.7 Å². The maximum atomic E-state index is 10.7. The van der Waals surface area contributed by atoms with E-state index in [4.69, 9.17) is 5.11 Å². The number of hydrogen-bond donors (Lipinski definition) is 1. The summed E-state index contributed by atoms with van der Waals surface area (Å²) >= 11 is 1.24. The summed E-state index contributed by atoms with van der Waals surface area (Å²) in [5.74, 6) is 0.812. The van der Waals surface area contributed by atoms with Crippen LogP contribution in [0.25, 0.3) is 0 Å². The van der Waals surface area contributed by atoms with Crippen molar-refractivity contribution < 1.29 is 9.90 Å². The summed E-state index contributed by atoms with van der Waals surface area (Å²) in [5.41, 5.74) is 0. The molecule has 2 heterocycles. The fourth-order valence-corrected chi connectivity index (χ4v) is 3.60. The zero-order chi connectivity index (χ0) is 15.4. The Labute approximate surface area is 129 Å². The standard InChI is InChI=1S/C14H24N4O2S/c1-4-5-11-6-7-17(8-11)13-15-16-14(18(13)10(2)3)21-9-12(19)20/h10-11H,4-9H2,1-3H3,(H,19,20). The van der Waals surface area contributed by atoms with Gasteiger partial charge >= 0.3 is 5.97 Å². The lowest BCUT2D eigenvalue weighted by molar-refractivity contribution is -0.133. The zero-order valence-electron chi connectivity index (χ0n) is 12.9. The normalized spacial score (nSPS) is 18.7. The molecule has 0 aliphatic carbocycles. The van der Waals surface area contributed by atoms with Crippen LogP contribution in [-0.2, 0) is 4.79 Å². The van der Waals surface area contributed by atoms with Crippen LogP contribution in [0.3, 0.4) is 0 Å². The lowest BCUT2D eigenvalue weighted by atomic mass is 10.0. The highest BCUT2D eigenvalue weighted by Gasteiger charge is 2.27. The molecule has 6 nitrogen and oxygen atoms in total. The number of aromatic nitrogens is 3. The van der Waals surface area contributed by atoms with Gasteiger partial charge in [0.1, 0.15) is 0 Å². The van der Waals surface area contributed by atoms with E-state index in [-0.39, 0.29) is 11.8 Å². The second-order valence-electron chi connectivity index (χ2n) is 5.82. The fourth-order valence-electron chi connectivity index (χ4n) is 2.82. The molecule has 1 aliphatic rings. The van der Waals surface area contributed by atoms with Crippen LogP contribution in [0.15, 0.2) is 5.16 Å². The van der Waals surface area contributed by atoms with E-state index in [0.717, 1.165) is 25.0 Å². The Morgan fingerprint density at radius 3 is 2.86 bits per heavy atom. The minimum atomic E-state index is -0.830. The number of rotatable bonds is 7. The van der Waals surface area contributed by atoms with E-state index in [1.165, 1.54) is 31.0 Å². The van der Waals surface area contributed by atoms with E-state index < -0.39 is 5.97 Å². The molecule has 1 aliphatic heterocycles. The van der Waals surface area contributed by atoms with Gasteiger partial charge in [-0.05, 0) is 32.6 Å². The van der Waals surface area contributed by atoms with Crippen LogP contribution in [0, 0.1) is 5.92 Å². The summed E-state index contributed by atoms with van der Waals surface area (Å²) in [4.78, 5) is 13.0. The number of aliphatic carboxylic acids is 1. The van der Waals surface area contributed by atoms with Gasteiger partial charge in [0, 0.05) is 19.1 Å². The third-order valence-electron chi connectivity index (χ3n) is 3.75. The molecule has 1 saturated heterocycles. The quantitative estimate of drug-likeness (QED) is 0.781. The number of thioether (sulfide) groups is 1. The van der Waals surface area contributed by atoms with Gasteiger partial charge < -0.3 is 10.0 Å². The first-order chi connectivity index (χ1) is 10.0. The molecule has 118 valence electrons. The van der Waals surface area contributed by atoms with Crippen LogP contribution in [0.2, 0.25) is 0 Å². The maximum Gasteiger partial charge on any atom is 0.313 e. The Kier molecular flexibility index (Phi) is 5.50. The van der Waals surface area contributed by atoms with Gasteiger partial charge in [0.05, 0.1) is 5.75 Å². The number of carboxylic acid groups (broad SMARTS) is 1. The molecule has 1 atom stereocenters. The van der Waals surface area contributed by atoms with E-state index in [2.05, 4.69) is 40.4 Å². The Morgan fingerprint density at radius 2 is 2.24 bits per heavy atom.